The number of halogens is 1. The van der Waals surface area contributed by atoms with Crippen LogP contribution in [0.2, 0.25) is 0 Å². The minimum Gasteiger partial charge on any atom is -0.396 e. The topological polar surface area (TPSA) is 47.9 Å². The van der Waals surface area contributed by atoms with Gasteiger partial charge in [-0.05, 0) is 49.3 Å². The highest BCUT2D eigenvalue weighted by Gasteiger charge is 2.12. The van der Waals surface area contributed by atoms with Gasteiger partial charge in [0.05, 0.1) is 0 Å². The largest absolute Gasteiger partial charge is 0.396 e. The molecule has 0 fully saturated rings. The van der Waals surface area contributed by atoms with Gasteiger partial charge in [-0.15, -0.1) is 0 Å². The van der Waals surface area contributed by atoms with Crippen molar-refractivity contribution in [3.8, 4) is 0 Å². The van der Waals surface area contributed by atoms with E-state index in [9.17, 15) is 9.50 Å². The highest BCUT2D eigenvalue weighted by atomic mass is 19.1. The molecule has 0 aliphatic heterocycles. The second kappa shape index (κ2) is 11.0. The molecule has 0 saturated carbocycles. The number of aliphatic hydroxyl groups excluding tert-OH is 1. The number of aliphatic hydroxyl groups is 1. The number of nitrogens with zero attached hydrogens (tertiary/aromatic N) is 2. The third-order valence-corrected chi connectivity index (χ3v) is 3.87. The maximum atomic E-state index is 13.0. The Hall–Kier alpha value is -1.62. The van der Waals surface area contributed by atoms with Crippen LogP contribution in [0.4, 0.5) is 4.39 Å². The van der Waals surface area contributed by atoms with Crippen molar-refractivity contribution in [1.82, 2.24) is 10.2 Å². The number of guanidine groups is 1. The fourth-order valence-corrected chi connectivity index (χ4v) is 2.76. The van der Waals surface area contributed by atoms with E-state index in [0.29, 0.717) is 24.9 Å². The van der Waals surface area contributed by atoms with E-state index in [-0.39, 0.29) is 12.4 Å². The van der Waals surface area contributed by atoms with Crippen LogP contribution >= 0.6 is 0 Å². The summed E-state index contributed by atoms with van der Waals surface area (Å²) in [6.45, 7) is 8.80. The van der Waals surface area contributed by atoms with Crippen LogP contribution in [0.3, 0.4) is 0 Å². The van der Waals surface area contributed by atoms with Crippen molar-refractivity contribution in [1.29, 1.82) is 0 Å². The molecule has 0 radical (unpaired) electrons. The standard InChI is InChI=1S/C19H32FN3O/c1-5-21-19(22-13-17(10-11-24)12-15(2)3)23(4)14-16-6-8-18(20)9-7-16/h6-9,15,17,24H,5,10-14H2,1-4H3,(H,21,22). The van der Waals surface area contributed by atoms with Crippen LogP contribution in [0.5, 0.6) is 0 Å². The van der Waals surface area contributed by atoms with Gasteiger partial charge in [-0.1, -0.05) is 26.0 Å². The fraction of sp³-hybridized carbons (Fsp3) is 0.632. The van der Waals surface area contributed by atoms with Crippen LogP contribution in [0.1, 0.15) is 39.2 Å². The number of aliphatic imine (C=N–C) groups is 1. The number of benzene rings is 1. The Morgan fingerprint density at radius 3 is 2.50 bits per heavy atom. The lowest BCUT2D eigenvalue weighted by atomic mass is 9.94. The molecule has 1 rings (SSSR count). The van der Waals surface area contributed by atoms with Crippen molar-refractivity contribution in [3.05, 3.63) is 35.6 Å². The zero-order valence-electron chi connectivity index (χ0n) is 15.4. The molecule has 5 heteroatoms. The van der Waals surface area contributed by atoms with Crippen LogP contribution in [0.15, 0.2) is 29.3 Å². The minimum atomic E-state index is -0.220. The maximum Gasteiger partial charge on any atom is 0.193 e. The third kappa shape index (κ3) is 7.77. The normalized spacial score (nSPS) is 13.2. The molecule has 1 atom stereocenters. The molecule has 0 heterocycles. The van der Waals surface area contributed by atoms with Gasteiger partial charge in [0, 0.05) is 33.3 Å². The van der Waals surface area contributed by atoms with Crippen molar-refractivity contribution in [2.75, 3.05) is 26.7 Å². The van der Waals surface area contributed by atoms with Gasteiger partial charge in [0.15, 0.2) is 5.96 Å². The maximum absolute atomic E-state index is 13.0. The van der Waals surface area contributed by atoms with E-state index in [1.54, 1.807) is 12.1 Å². The first-order valence-corrected chi connectivity index (χ1v) is 8.81. The van der Waals surface area contributed by atoms with E-state index in [1.807, 2.05) is 18.9 Å². The Morgan fingerprint density at radius 2 is 1.96 bits per heavy atom. The predicted molar refractivity (Wildman–Crippen MR) is 98.5 cm³/mol. The lowest BCUT2D eigenvalue weighted by Crippen LogP contribution is -2.38. The van der Waals surface area contributed by atoms with Gasteiger partial charge >= 0.3 is 0 Å². The summed E-state index contributed by atoms with van der Waals surface area (Å²) < 4.78 is 13.0. The molecule has 1 aromatic carbocycles. The van der Waals surface area contributed by atoms with Crippen molar-refractivity contribution in [2.24, 2.45) is 16.8 Å². The van der Waals surface area contributed by atoms with E-state index < -0.39 is 0 Å². The third-order valence-electron chi connectivity index (χ3n) is 3.87. The molecule has 0 aliphatic carbocycles. The van der Waals surface area contributed by atoms with E-state index in [1.165, 1.54) is 12.1 Å². The van der Waals surface area contributed by atoms with Crippen molar-refractivity contribution in [3.63, 3.8) is 0 Å². The first-order valence-electron chi connectivity index (χ1n) is 8.81. The summed E-state index contributed by atoms with van der Waals surface area (Å²) in [6.07, 6.45) is 1.84. The summed E-state index contributed by atoms with van der Waals surface area (Å²) in [5.41, 5.74) is 1.04. The summed E-state index contributed by atoms with van der Waals surface area (Å²) in [7, 11) is 1.98. The number of nitrogens with one attached hydrogen (secondary N) is 1. The van der Waals surface area contributed by atoms with Crippen LogP contribution in [-0.4, -0.2) is 42.7 Å². The zero-order chi connectivity index (χ0) is 17.9. The summed E-state index contributed by atoms with van der Waals surface area (Å²) >= 11 is 0. The Kier molecular flexibility index (Phi) is 9.38. The quantitative estimate of drug-likeness (QED) is 0.537. The Balaban J connectivity index is 2.72. The van der Waals surface area contributed by atoms with E-state index in [0.717, 1.165) is 30.9 Å². The number of hydrogen-bond donors (Lipinski definition) is 2. The molecule has 0 amide bonds. The van der Waals surface area contributed by atoms with E-state index in [2.05, 4.69) is 19.2 Å². The molecular formula is C19H32FN3O. The summed E-state index contributed by atoms with van der Waals surface area (Å²) in [5, 5.41) is 12.5. The average Bonchev–Trinajstić information content (AvgIpc) is 2.53. The molecule has 4 nitrogen and oxygen atoms in total. The molecular weight excluding hydrogens is 305 g/mol. The molecule has 2 N–H and O–H groups in total. The van der Waals surface area contributed by atoms with Crippen LogP contribution < -0.4 is 5.32 Å². The summed E-state index contributed by atoms with van der Waals surface area (Å²) in [4.78, 5) is 6.79. The van der Waals surface area contributed by atoms with Gasteiger partial charge in [-0.25, -0.2) is 4.39 Å². The Morgan fingerprint density at radius 1 is 1.29 bits per heavy atom. The van der Waals surface area contributed by atoms with Gasteiger partial charge in [0.1, 0.15) is 5.82 Å². The van der Waals surface area contributed by atoms with Crippen LogP contribution in [0.25, 0.3) is 0 Å². The fourth-order valence-electron chi connectivity index (χ4n) is 2.76. The number of hydrogen-bond acceptors (Lipinski definition) is 2. The molecule has 0 bridgehead atoms. The van der Waals surface area contributed by atoms with Crippen LogP contribution in [0, 0.1) is 17.7 Å². The zero-order valence-corrected chi connectivity index (χ0v) is 15.4. The van der Waals surface area contributed by atoms with Crippen molar-refractivity contribution < 1.29 is 9.50 Å². The second-order valence-electron chi connectivity index (χ2n) is 6.69. The molecule has 136 valence electrons. The molecule has 0 spiro atoms. The first-order chi connectivity index (χ1) is 11.5. The summed E-state index contributed by atoms with van der Waals surface area (Å²) in [5.74, 6) is 1.61. The molecule has 0 aromatic heterocycles. The smallest absolute Gasteiger partial charge is 0.193 e. The monoisotopic (exact) mass is 337 g/mol. The van der Waals surface area contributed by atoms with Crippen LogP contribution in [-0.2, 0) is 6.54 Å². The average molecular weight is 337 g/mol. The highest BCUT2D eigenvalue weighted by molar-refractivity contribution is 5.79. The van der Waals surface area contributed by atoms with E-state index >= 15 is 0 Å². The molecule has 1 unspecified atom stereocenters. The Bertz CT molecular complexity index is 488. The van der Waals surface area contributed by atoms with Gasteiger partial charge in [-0.3, -0.25) is 4.99 Å². The highest BCUT2D eigenvalue weighted by Crippen LogP contribution is 2.16. The SMILES string of the molecule is CCNC(=NCC(CCO)CC(C)C)N(C)Cc1ccc(F)cc1. The first kappa shape index (κ1) is 20.4. The number of rotatable bonds is 9. The second-order valence-corrected chi connectivity index (χ2v) is 6.69. The predicted octanol–water partition coefficient (Wildman–Crippen LogP) is 3.27. The summed E-state index contributed by atoms with van der Waals surface area (Å²) in [6, 6.07) is 6.55. The minimum absolute atomic E-state index is 0.203. The van der Waals surface area contributed by atoms with Crippen molar-refractivity contribution >= 4 is 5.96 Å². The Labute approximate surface area is 145 Å². The molecule has 0 aliphatic rings. The molecule has 24 heavy (non-hydrogen) atoms. The van der Waals surface area contributed by atoms with Gasteiger partial charge in [-0.2, -0.15) is 0 Å². The van der Waals surface area contributed by atoms with Gasteiger partial charge in [0.2, 0.25) is 0 Å². The molecule has 1 aromatic rings. The van der Waals surface area contributed by atoms with Crippen molar-refractivity contribution in [2.45, 2.75) is 40.2 Å². The lowest BCUT2D eigenvalue weighted by Gasteiger charge is -2.23. The van der Waals surface area contributed by atoms with Gasteiger partial charge in [0.25, 0.3) is 0 Å². The molecule has 0 saturated heterocycles. The van der Waals surface area contributed by atoms with E-state index in [4.69, 9.17) is 4.99 Å². The lowest BCUT2D eigenvalue weighted by molar-refractivity contribution is 0.245. The van der Waals surface area contributed by atoms with Gasteiger partial charge < -0.3 is 15.3 Å².